The van der Waals surface area contributed by atoms with Crippen LogP contribution in [0.3, 0.4) is 0 Å². The van der Waals surface area contributed by atoms with E-state index in [-0.39, 0.29) is 17.0 Å². The van der Waals surface area contributed by atoms with Gasteiger partial charge in [0, 0.05) is 6.20 Å². The van der Waals surface area contributed by atoms with Crippen molar-refractivity contribution in [3.63, 3.8) is 0 Å². The molecule has 0 radical (unpaired) electrons. The van der Waals surface area contributed by atoms with E-state index in [1.165, 1.54) is 19.2 Å². The lowest BCUT2D eigenvalue weighted by Crippen LogP contribution is -2.42. The number of aliphatic hydroxyl groups excluding tert-OH is 1. The van der Waals surface area contributed by atoms with Crippen molar-refractivity contribution in [3.05, 3.63) is 22.6 Å². The Morgan fingerprint density at radius 3 is 2.51 bits per heavy atom. The molecule has 1 aliphatic heterocycles. The fraction of sp³-hybridized carbons (Fsp3) is 0.500. The van der Waals surface area contributed by atoms with Gasteiger partial charge in [-0.2, -0.15) is 13.6 Å². The normalized spacial score (nSPS) is 28.3. The zero-order valence-corrected chi connectivity index (χ0v) is 21.5. The number of nitrogen functional groups attached to an aromatic ring is 1. The van der Waals surface area contributed by atoms with Gasteiger partial charge in [0.05, 0.1) is 30.1 Å². The molecule has 3 rings (SSSR count). The molecule has 21 heteroatoms. The standard InChI is InChI=1S/C16H22FN4O13P3/c1-3-5-16(17)10(7-22)11(8(2)32-36(27,28)34-37(29,30)33-35(24,25)26)31-14(16)21-6-4-9-12(21)19-15(18)20-13(9)23/h4,6,8,10-11,14,22H,7H2,1-2H3,(H,27,28)(H,29,30)(H2,24,25,26)(H3,18,19,20,23)/t8-,10?,11-,14-,16?/m1/s1. The molecule has 1 saturated heterocycles. The summed E-state index contributed by atoms with van der Waals surface area (Å²) < 4.78 is 69.9. The first-order valence-corrected chi connectivity index (χ1v) is 14.5. The van der Waals surface area contributed by atoms with E-state index in [0.717, 1.165) is 11.5 Å². The van der Waals surface area contributed by atoms with E-state index < -0.39 is 65.7 Å². The van der Waals surface area contributed by atoms with Gasteiger partial charge in [0.25, 0.3) is 5.56 Å². The predicted octanol–water partition coefficient (Wildman–Crippen LogP) is 0.276. The quantitative estimate of drug-likeness (QED) is 0.153. The van der Waals surface area contributed by atoms with Crippen LogP contribution in [0.2, 0.25) is 0 Å². The highest BCUT2D eigenvalue weighted by Crippen LogP contribution is 2.67. The number of nitrogens with one attached hydrogen (secondary N) is 1. The summed E-state index contributed by atoms with van der Waals surface area (Å²) in [6, 6.07) is 1.29. The smallest absolute Gasteiger partial charge is 0.396 e. The number of aliphatic hydroxyl groups is 1. The Morgan fingerprint density at radius 2 is 1.95 bits per heavy atom. The number of hydrogen-bond acceptors (Lipinski definition) is 11. The van der Waals surface area contributed by atoms with E-state index in [2.05, 4.69) is 30.4 Å². The SMILES string of the molecule is CC#CC1(F)C(CO)[C@@H]([C@@H](C)OP(=O)(O)OP(=O)(O)OP(=O)(O)O)O[C@H]1n1ccc2c(=O)[nH]c(N)nc21. The number of aromatic nitrogens is 3. The Hall–Kier alpha value is -1.96. The number of aromatic amines is 1. The van der Waals surface area contributed by atoms with Crippen molar-refractivity contribution in [3.8, 4) is 11.8 Å². The molecule has 1 aliphatic rings. The third-order valence-electron chi connectivity index (χ3n) is 5.13. The van der Waals surface area contributed by atoms with E-state index in [1.54, 1.807) is 0 Å². The Labute approximate surface area is 206 Å². The van der Waals surface area contributed by atoms with Gasteiger partial charge in [-0.05, 0) is 19.9 Å². The van der Waals surface area contributed by atoms with Gasteiger partial charge >= 0.3 is 23.5 Å². The number of hydrogen-bond donors (Lipinski definition) is 7. The lowest BCUT2D eigenvalue weighted by Gasteiger charge is -2.27. The average molecular weight is 590 g/mol. The van der Waals surface area contributed by atoms with Crippen molar-refractivity contribution < 1.29 is 60.6 Å². The topological polar surface area (TPSA) is 266 Å². The summed E-state index contributed by atoms with van der Waals surface area (Å²) >= 11 is 0. The van der Waals surface area contributed by atoms with Gasteiger partial charge in [-0.25, -0.2) is 18.1 Å². The molecule has 17 nitrogen and oxygen atoms in total. The molecule has 206 valence electrons. The molecule has 4 unspecified atom stereocenters. The van der Waals surface area contributed by atoms with E-state index in [0.29, 0.717) is 0 Å². The van der Waals surface area contributed by atoms with Crippen LogP contribution in [-0.2, 0) is 31.6 Å². The molecule has 37 heavy (non-hydrogen) atoms. The van der Waals surface area contributed by atoms with E-state index in [9.17, 15) is 33.4 Å². The molecule has 0 bridgehead atoms. The summed E-state index contributed by atoms with van der Waals surface area (Å²) in [7, 11) is -17.1. The maximum atomic E-state index is 16.4. The molecule has 3 heterocycles. The number of alkyl halides is 1. The van der Waals surface area contributed by atoms with Crippen LogP contribution < -0.4 is 11.3 Å². The minimum Gasteiger partial charge on any atom is -0.396 e. The molecule has 0 spiro atoms. The van der Waals surface area contributed by atoms with Crippen LogP contribution in [0.5, 0.6) is 0 Å². The molecular weight excluding hydrogens is 568 g/mol. The third-order valence-corrected chi connectivity index (χ3v) is 9.05. The van der Waals surface area contributed by atoms with Crippen molar-refractivity contribution in [2.75, 3.05) is 12.3 Å². The second-order valence-electron chi connectivity index (χ2n) is 7.70. The zero-order chi connectivity index (χ0) is 28.0. The lowest BCUT2D eigenvalue weighted by atomic mass is 9.85. The summed E-state index contributed by atoms with van der Waals surface area (Å²) in [5.41, 5.74) is 2.14. The first-order chi connectivity index (χ1) is 16.9. The monoisotopic (exact) mass is 590 g/mol. The van der Waals surface area contributed by atoms with Crippen molar-refractivity contribution in [1.29, 1.82) is 0 Å². The highest BCUT2D eigenvalue weighted by Gasteiger charge is 2.60. The van der Waals surface area contributed by atoms with Crippen LogP contribution in [0, 0.1) is 17.8 Å². The summed E-state index contributed by atoms with van der Waals surface area (Å²) in [6.45, 7) is 1.42. The van der Waals surface area contributed by atoms with Crippen LogP contribution in [0.25, 0.3) is 11.0 Å². The van der Waals surface area contributed by atoms with Gasteiger partial charge < -0.3 is 39.7 Å². The molecule has 1 fully saturated rings. The van der Waals surface area contributed by atoms with Gasteiger partial charge in [0.15, 0.2) is 11.9 Å². The summed E-state index contributed by atoms with van der Waals surface area (Å²) in [5.74, 6) is 2.79. The molecule has 2 aromatic rings. The largest absolute Gasteiger partial charge is 0.490 e. The number of anilines is 1. The molecule has 0 amide bonds. The number of phosphoric ester groups is 1. The van der Waals surface area contributed by atoms with Gasteiger partial charge in [-0.3, -0.25) is 14.3 Å². The molecule has 0 aromatic carbocycles. The van der Waals surface area contributed by atoms with Crippen LogP contribution in [-0.4, -0.2) is 63.7 Å². The molecule has 8 N–H and O–H groups in total. The third kappa shape index (κ3) is 6.37. The molecule has 2 aromatic heterocycles. The fourth-order valence-electron chi connectivity index (χ4n) is 3.87. The molecular formula is C16H22FN4O13P3. The average Bonchev–Trinajstić information content (AvgIpc) is 3.23. The number of H-pyrrole nitrogens is 1. The zero-order valence-electron chi connectivity index (χ0n) is 18.9. The number of ether oxygens (including phenoxy) is 1. The first-order valence-electron chi connectivity index (χ1n) is 10.0. The molecule has 0 aliphatic carbocycles. The number of phosphoric acid groups is 3. The molecule has 0 saturated carbocycles. The minimum absolute atomic E-state index is 0.00918. The maximum absolute atomic E-state index is 16.4. The number of halogens is 1. The van der Waals surface area contributed by atoms with Crippen molar-refractivity contribution in [1.82, 2.24) is 14.5 Å². The highest BCUT2D eigenvalue weighted by atomic mass is 31.3. The van der Waals surface area contributed by atoms with E-state index >= 15 is 4.39 Å². The first kappa shape index (κ1) is 29.6. The van der Waals surface area contributed by atoms with Crippen LogP contribution in [0.4, 0.5) is 10.3 Å². The fourth-order valence-corrected chi connectivity index (χ4v) is 7.07. The minimum atomic E-state index is -5.81. The summed E-state index contributed by atoms with van der Waals surface area (Å²) in [5, 5.41) is 9.99. The maximum Gasteiger partial charge on any atom is 0.490 e. The second-order valence-corrected chi connectivity index (χ2v) is 12.1. The highest BCUT2D eigenvalue weighted by molar-refractivity contribution is 7.66. The summed E-state index contributed by atoms with van der Waals surface area (Å²) in [6.07, 6.45) is -3.72. The Balaban J connectivity index is 1.97. The molecule has 7 atom stereocenters. The van der Waals surface area contributed by atoms with Gasteiger partial charge in [-0.1, -0.05) is 5.92 Å². The van der Waals surface area contributed by atoms with Crippen LogP contribution >= 0.6 is 23.5 Å². The number of nitrogens with two attached hydrogens (primary N) is 1. The Bertz CT molecular complexity index is 1450. The van der Waals surface area contributed by atoms with Crippen LogP contribution in [0.15, 0.2) is 17.1 Å². The number of rotatable bonds is 9. The van der Waals surface area contributed by atoms with Crippen molar-refractivity contribution >= 4 is 40.4 Å². The predicted molar refractivity (Wildman–Crippen MR) is 121 cm³/mol. The van der Waals surface area contributed by atoms with Crippen LogP contribution in [0.1, 0.15) is 20.1 Å². The second kappa shape index (κ2) is 10.3. The Kier molecular flexibility index (Phi) is 8.24. The Morgan fingerprint density at radius 1 is 1.30 bits per heavy atom. The lowest BCUT2D eigenvalue weighted by molar-refractivity contribution is -0.0710. The van der Waals surface area contributed by atoms with E-state index in [1.807, 2.05) is 0 Å². The summed E-state index contributed by atoms with van der Waals surface area (Å²) in [4.78, 5) is 54.9. The number of nitrogens with zero attached hydrogens (tertiary/aromatic N) is 2. The van der Waals surface area contributed by atoms with Crippen molar-refractivity contribution in [2.45, 2.75) is 38.0 Å². The van der Waals surface area contributed by atoms with E-state index in [4.69, 9.17) is 24.8 Å². The number of fused-ring (bicyclic) bond motifs is 1. The van der Waals surface area contributed by atoms with Gasteiger partial charge in [0.2, 0.25) is 11.6 Å². The van der Waals surface area contributed by atoms with Gasteiger partial charge in [0.1, 0.15) is 0 Å². The van der Waals surface area contributed by atoms with Crippen molar-refractivity contribution in [2.24, 2.45) is 5.92 Å². The van der Waals surface area contributed by atoms with Gasteiger partial charge in [-0.15, -0.1) is 5.92 Å².